The summed E-state index contributed by atoms with van der Waals surface area (Å²) in [6.07, 6.45) is 4.75. The molecule has 1 aromatic heterocycles. The van der Waals surface area contributed by atoms with Crippen molar-refractivity contribution in [1.29, 1.82) is 0 Å². The van der Waals surface area contributed by atoms with Crippen molar-refractivity contribution in [3.05, 3.63) is 30.1 Å². The van der Waals surface area contributed by atoms with Gasteiger partial charge in [-0.05, 0) is 30.7 Å². The van der Waals surface area contributed by atoms with Crippen molar-refractivity contribution < 1.29 is 0 Å². The Morgan fingerprint density at radius 3 is 2.36 bits per heavy atom. The molecule has 1 rings (SSSR count). The summed E-state index contributed by atoms with van der Waals surface area (Å²) in [5.74, 6) is 0. The van der Waals surface area contributed by atoms with Gasteiger partial charge in [0.1, 0.15) is 0 Å². The Kier molecular flexibility index (Phi) is 14.1. The van der Waals surface area contributed by atoms with Gasteiger partial charge >= 0.3 is 0 Å². The minimum absolute atomic E-state index is 0. The summed E-state index contributed by atoms with van der Waals surface area (Å²) >= 11 is 3.36. The first-order chi connectivity index (χ1) is 5.93. The molecule has 0 saturated heterocycles. The SMILES string of the molecule is Br.Br.BrCCNCCc1ccncc1. The molecule has 1 aromatic rings. The van der Waals surface area contributed by atoms with Gasteiger partial charge < -0.3 is 5.32 Å². The van der Waals surface area contributed by atoms with E-state index in [0.29, 0.717) is 0 Å². The maximum Gasteiger partial charge on any atom is 0.0270 e. The molecule has 0 aliphatic rings. The summed E-state index contributed by atoms with van der Waals surface area (Å²) in [7, 11) is 0. The van der Waals surface area contributed by atoms with E-state index in [2.05, 4.69) is 38.4 Å². The van der Waals surface area contributed by atoms with E-state index >= 15 is 0 Å². The number of rotatable bonds is 5. The number of alkyl halides is 1. The lowest BCUT2D eigenvalue weighted by molar-refractivity contribution is 0.722. The van der Waals surface area contributed by atoms with Crippen LogP contribution < -0.4 is 5.32 Å². The molecule has 0 aliphatic heterocycles. The van der Waals surface area contributed by atoms with Crippen molar-refractivity contribution in [2.45, 2.75) is 6.42 Å². The summed E-state index contributed by atoms with van der Waals surface area (Å²) in [6, 6.07) is 4.10. The average Bonchev–Trinajstić information content (AvgIpc) is 2.14. The van der Waals surface area contributed by atoms with Crippen LogP contribution in [0.3, 0.4) is 0 Å². The van der Waals surface area contributed by atoms with Gasteiger partial charge in [-0.25, -0.2) is 0 Å². The van der Waals surface area contributed by atoms with Crippen LogP contribution in [-0.2, 0) is 6.42 Å². The van der Waals surface area contributed by atoms with Gasteiger partial charge in [0.15, 0.2) is 0 Å². The van der Waals surface area contributed by atoms with E-state index in [1.54, 1.807) is 0 Å². The van der Waals surface area contributed by atoms with Gasteiger partial charge in [-0.2, -0.15) is 0 Å². The molecule has 0 radical (unpaired) electrons. The molecule has 1 heterocycles. The van der Waals surface area contributed by atoms with Crippen LogP contribution in [0, 0.1) is 0 Å². The van der Waals surface area contributed by atoms with E-state index in [1.807, 2.05) is 12.4 Å². The van der Waals surface area contributed by atoms with E-state index in [9.17, 15) is 0 Å². The second-order valence-corrected chi connectivity index (χ2v) is 3.34. The molecule has 0 amide bonds. The van der Waals surface area contributed by atoms with Crippen molar-refractivity contribution in [3.8, 4) is 0 Å². The third-order valence-electron chi connectivity index (χ3n) is 1.61. The normalized spacial score (nSPS) is 8.64. The van der Waals surface area contributed by atoms with E-state index in [0.717, 1.165) is 24.8 Å². The molecule has 82 valence electrons. The first-order valence-corrected chi connectivity index (χ1v) is 5.21. The highest BCUT2D eigenvalue weighted by Gasteiger charge is 1.90. The zero-order valence-electron chi connectivity index (χ0n) is 7.78. The van der Waals surface area contributed by atoms with Crippen LogP contribution in [0.15, 0.2) is 24.5 Å². The van der Waals surface area contributed by atoms with Gasteiger partial charge in [-0.1, -0.05) is 15.9 Å². The highest BCUT2D eigenvalue weighted by Crippen LogP contribution is 1.95. The smallest absolute Gasteiger partial charge is 0.0270 e. The molecule has 0 spiro atoms. The Bertz CT molecular complexity index is 206. The number of nitrogens with zero attached hydrogens (tertiary/aromatic N) is 1. The fraction of sp³-hybridized carbons (Fsp3) is 0.444. The van der Waals surface area contributed by atoms with Gasteiger partial charge in [0, 0.05) is 24.3 Å². The molecule has 2 nitrogen and oxygen atoms in total. The molecular formula is C9H15Br3N2. The molecule has 0 aliphatic carbocycles. The minimum Gasteiger partial charge on any atom is -0.316 e. The fourth-order valence-corrected chi connectivity index (χ4v) is 1.25. The van der Waals surface area contributed by atoms with Crippen LogP contribution in [0.2, 0.25) is 0 Å². The van der Waals surface area contributed by atoms with E-state index in [4.69, 9.17) is 0 Å². The predicted octanol–water partition coefficient (Wildman–Crippen LogP) is 2.76. The van der Waals surface area contributed by atoms with Crippen molar-refractivity contribution >= 4 is 49.9 Å². The molecule has 14 heavy (non-hydrogen) atoms. The second kappa shape index (κ2) is 11.6. The van der Waals surface area contributed by atoms with Gasteiger partial charge in [-0.15, -0.1) is 34.0 Å². The summed E-state index contributed by atoms with van der Waals surface area (Å²) < 4.78 is 0. The number of hydrogen-bond donors (Lipinski definition) is 1. The Labute approximate surface area is 115 Å². The zero-order chi connectivity index (χ0) is 8.65. The first-order valence-electron chi connectivity index (χ1n) is 4.09. The lowest BCUT2D eigenvalue weighted by Crippen LogP contribution is -2.19. The van der Waals surface area contributed by atoms with E-state index in [1.165, 1.54) is 5.56 Å². The summed E-state index contributed by atoms with van der Waals surface area (Å²) in [5.41, 5.74) is 1.34. The zero-order valence-corrected chi connectivity index (χ0v) is 12.8. The van der Waals surface area contributed by atoms with Gasteiger partial charge in [0.25, 0.3) is 0 Å². The van der Waals surface area contributed by atoms with Crippen LogP contribution in [-0.4, -0.2) is 23.4 Å². The minimum atomic E-state index is 0. The third kappa shape index (κ3) is 7.91. The first kappa shape index (κ1) is 17.0. The molecule has 0 atom stereocenters. The molecule has 0 unspecified atom stereocenters. The van der Waals surface area contributed by atoms with Gasteiger partial charge in [0.2, 0.25) is 0 Å². The third-order valence-corrected chi connectivity index (χ3v) is 2.01. The molecule has 0 saturated carbocycles. The van der Waals surface area contributed by atoms with Gasteiger partial charge in [-0.3, -0.25) is 4.98 Å². The summed E-state index contributed by atoms with van der Waals surface area (Å²) in [6.45, 7) is 2.07. The Hall–Kier alpha value is 0.550. The Balaban J connectivity index is 0. The predicted molar refractivity (Wildman–Crippen MR) is 75.2 cm³/mol. The van der Waals surface area contributed by atoms with Crippen LogP contribution in [0.5, 0.6) is 0 Å². The molecule has 0 aromatic carbocycles. The van der Waals surface area contributed by atoms with Gasteiger partial charge in [0.05, 0.1) is 0 Å². The van der Waals surface area contributed by atoms with E-state index in [-0.39, 0.29) is 34.0 Å². The lowest BCUT2D eigenvalue weighted by Gasteiger charge is -2.01. The largest absolute Gasteiger partial charge is 0.316 e. The van der Waals surface area contributed by atoms with Crippen LogP contribution >= 0.6 is 49.9 Å². The summed E-state index contributed by atoms with van der Waals surface area (Å²) in [5, 5.41) is 4.33. The summed E-state index contributed by atoms with van der Waals surface area (Å²) in [4.78, 5) is 3.96. The second-order valence-electron chi connectivity index (χ2n) is 2.54. The highest BCUT2D eigenvalue weighted by atomic mass is 79.9. The Morgan fingerprint density at radius 1 is 1.14 bits per heavy atom. The standard InChI is InChI=1S/C9H13BrN2.2BrH/c10-4-8-12-7-3-9-1-5-11-6-2-9;;/h1-2,5-6,12H,3-4,7-8H2;2*1H. The van der Waals surface area contributed by atoms with Crippen molar-refractivity contribution in [2.75, 3.05) is 18.4 Å². The van der Waals surface area contributed by atoms with Crippen molar-refractivity contribution in [3.63, 3.8) is 0 Å². The maximum absolute atomic E-state index is 3.96. The topological polar surface area (TPSA) is 24.9 Å². The maximum atomic E-state index is 3.96. The number of aromatic nitrogens is 1. The number of nitrogens with one attached hydrogen (secondary N) is 1. The van der Waals surface area contributed by atoms with Crippen LogP contribution in [0.4, 0.5) is 0 Å². The van der Waals surface area contributed by atoms with Crippen molar-refractivity contribution in [2.24, 2.45) is 0 Å². The van der Waals surface area contributed by atoms with Crippen molar-refractivity contribution in [1.82, 2.24) is 10.3 Å². The fourth-order valence-electron chi connectivity index (χ4n) is 0.974. The molecule has 0 bridgehead atoms. The van der Waals surface area contributed by atoms with Crippen LogP contribution in [0.25, 0.3) is 0 Å². The number of pyridine rings is 1. The monoisotopic (exact) mass is 388 g/mol. The molecule has 0 fully saturated rings. The lowest BCUT2D eigenvalue weighted by atomic mass is 10.2. The van der Waals surface area contributed by atoms with E-state index < -0.39 is 0 Å². The molecular weight excluding hydrogens is 376 g/mol. The quantitative estimate of drug-likeness (QED) is 0.617. The number of hydrogen-bond acceptors (Lipinski definition) is 2. The highest BCUT2D eigenvalue weighted by molar-refractivity contribution is 9.09. The Morgan fingerprint density at radius 2 is 1.79 bits per heavy atom. The number of halogens is 3. The molecule has 1 N–H and O–H groups in total. The average molecular weight is 391 g/mol. The van der Waals surface area contributed by atoms with Crippen LogP contribution in [0.1, 0.15) is 5.56 Å². The molecule has 5 heteroatoms.